The van der Waals surface area contributed by atoms with Crippen LogP contribution in [0.3, 0.4) is 0 Å². The van der Waals surface area contributed by atoms with E-state index in [9.17, 15) is 25.4 Å². The molecule has 104 valence electrons. The Morgan fingerprint density at radius 2 is 2.00 bits per heavy atom. The molecule has 0 unspecified atom stereocenters. The second-order valence-corrected chi connectivity index (χ2v) is 4.25. The molecular formula is C11H13NO7. The van der Waals surface area contributed by atoms with Gasteiger partial charge in [-0.25, -0.2) is 0 Å². The summed E-state index contributed by atoms with van der Waals surface area (Å²) in [4.78, 5) is 10.2. The molecule has 4 N–H and O–H groups in total. The zero-order valence-corrected chi connectivity index (χ0v) is 9.71. The monoisotopic (exact) mass is 271 g/mol. The van der Waals surface area contributed by atoms with Gasteiger partial charge in [-0.1, -0.05) is 12.1 Å². The fraction of sp³-hybridized carbons (Fsp3) is 0.455. The van der Waals surface area contributed by atoms with Gasteiger partial charge in [-0.05, 0) is 6.07 Å². The van der Waals surface area contributed by atoms with Gasteiger partial charge < -0.3 is 25.2 Å². The minimum atomic E-state index is -2.43. The molecule has 1 aromatic carbocycles. The van der Waals surface area contributed by atoms with Crippen LogP contribution in [0.4, 0.5) is 5.69 Å². The van der Waals surface area contributed by atoms with Crippen molar-refractivity contribution in [1.82, 2.24) is 0 Å². The molecule has 0 saturated carbocycles. The average Bonchev–Trinajstić information content (AvgIpc) is 2.64. The van der Waals surface area contributed by atoms with Gasteiger partial charge >= 0.3 is 0 Å². The number of nitro benzene ring substituents is 1. The molecule has 8 nitrogen and oxygen atoms in total. The fourth-order valence-electron chi connectivity index (χ4n) is 2.11. The Kier molecular flexibility index (Phi) is 3.52. The SMILES string of the molecule is O=[N+]([O-])c1ccccc1[C@@]1(O)O[C@@H](CO)[C@H](O)[C@H]1O. The lowest BCUT2D eigenvalue weighted by molar-refractivity contribution is -0.389. The van der Waals surface area contributed by atoms with Crippen molar-refractivity contribution in [1.29, 1.82) is 0 Å². The third-order valence-corrected chi connectivity index (χ3v) is 3.10. The van der Waals surface area contributed by atoms with Crippen LogP contribution in [0.2, 0.25) is 0 Å². The van der Waals surface area contributed by atoms with Crippen LogP contribution in [0.1, 0.15) is 5.56 Å². The maximum Gasteiger partial charge on any atom is 0.278 e. The Morgan fingerprint density at radius 3 is 2.53 bits per heavy atom. The molecule has 0 aromatic heterocycles. The molecule has 1 fully saturated rings. The van der Waals surface area contributed by atoms with Gasteiger partial charge in [-0.15, -0.1) is 0 Å². The Morgan fingerprint density at radius 1 is 1.37 bits per heavy atom. The van der Waals surface area contributed by atoms with Crippen LogP contribution in [0.5, 0.6) is 0 Å². The Labute approximate surface area is 107 Å². The van der Waals surface area contributed by atoms with Crippen molar-refractivity contribution in [3.05, 3.63) is 39.9 Å². The van der Waals surface area contributed by atoms with Crippen LogP contribution in [-0.4, -0.2) is 50.3 Å². The summed E-state index contributed by atoms with van der Waals surface area (Å²) in [6.45, 7) is -0.638. The summed E-state index contributed by atoms with van der Waals surface area (Å²) < 4.78 is 5.00. The Hall–Kier alpha value is -1.58. The molecule has 1 saturated heterocycles. The number of rotatable bonds is 3. The van der Waals surface area contributed by atoms with Crippen LogP contribution >= 0.6 is 0 Å². The number of benzene rings is 1. The van der Waals surface area contributed by atoms with Gasteiger partial charge in [-0.2, -0.15) is 0 Å². The molecular weight excluding hydrogens is 258 g/mol. The molecule has 19 heavy (non-hydrogen) atoms. The van der Waals surface area contributed by atoms with Gasteiger partial charge in [0.1, 0.15) is 18.3 Å². The number of hydrogen-bond acceptors (Lipinski definition) is 7. The summed E-state index contributed by atoms with van der Waals surface area (Å²) in [5.74, 6) is -2.43. The highest BCUT2D eigenvalue weighted by atomic mass is 16.7. The van der Waals surface area contributed by atoms with E-state index in [2.05, 4.69) is 0 Å². The molecule has 0 radical (unpaired) electrons. The van der Waals surface area contributed by atoms with E-state index >= 15 is 0 Å². The van der Waals surface area contributed by atoms with Crippen LogP contribution in [0.25, 0.3) is 0 Å². The molecule has 1 heterocycles. The van der Waals surface area contributed by atoms with Crippen molar-refractivity contribution < 1.29 is 30.1 Å². The van der Waals surface area contributed by atoms with Crippen LogP contribution < -0.4 is 0 Å². The number of hydrogen-bond donors (Lipinski definition) is 4. The molecule has 2 rings (SSSR count). The number of nitrogens with zero attached hydrogens (tertiary/aromatic N) is 1. The van der Waals surface area contributed by atoms with Gasteiger partial charge in [0.15, 0.2) is 0 Å². The highest BCUT2D eigenvalue weighted by Crippen LogP contribution is 2.41. The standard InChI is InChI=1S/C11H13NO7/c13-5-8-9(14)10(15)11(16,19-8)6-3-1-2-4-7(6)12(17)18/h1-4,8-10,13-16H,5H2/t8-,9-,10+,11+/m0/s1. The minimum Gasteiger partial charge on any atom is -0.394 e. The van der Waals surface area contributed by atoms with Crippen molar-refractivity contribution in [3.63, 3.8) is 0 Å². The van der Waals surface area contributed by atoms with E-state index in [1.54, 1.807) is 0 Å². The fourth-order valence-corrected chi connectivity index (χ4v) is 2.11. The molecule has 0 aliphatic carbocycles. The molecule has 1 aliphatic rings. The Bertz CT molecular complexity index is 494. The third kappa shape index (κ3) is 2.09. The van der Waals surface area contributed by atoms with E-state index < -0.39 is 41.3 Å². The number of ether oxygens (including phenoxy) is 1. The van der Waals surface area contributed by atoms with Crippen LogP contribution in [-0.2, 0) is 10.5 Å². The van der Waals surface area contributed by atoms with Crippen molar-refractivity contribution in [3.8, 4) is 0 Å². The van der Waals surface area contributed by atoms with Crippen molar-refractivity contribution in [2.24, 2.45) is 0 Å². The summed E-state index contributed by atoms with van der Waals surface area (Å²) in [5.41, 5.74) is -0.725. The molecule has 1 aromatic rings. The summed E-state index contributed by atoms with van der Waals surface area (Å²) in [7, 11) is 0. The molecule has 4 atom stereocenters. The number of para-hydroxylation sites is 1. The van der Waals surface area contributed by atoms with E-state index in [4.69, 9.17) is 9.84 Å². The van der Waals surface area contributed by atoms with E-state index in [1.807, 2.05) is 0 Å². The van der Waals surface area contributed by atoms with E-state index in [0.29, 0.717) is 0 Å². The maximum absolute atomic E-state index is 10.9. The first-order valence-corrected chi connectivity index (χ1v) is 5.53. The van der Waals surface area contributed by atoms with E-state index in [-0.39, 0.29) is 5.56 Å². The predicted octanol–water partition coefficient (Wildman–Crippen LogP) is -1.15. The highest BCUT2D eigenvalue weighted by molar-refractivity contribution is 5.44. The van der Waals surface area contributed by atoms with Gasteiger partial charge in [0.25, 0.3) is 5.69 Å². The van der Waals surface area contributed by atoms with Gasteiger partial charge in [0, 0.05) is 6.07 Å². The number of aliphatic hydroxyl groups excluding tert-OH is 3. The predicted molar refractivity (Wildman–Crippen MR) is 61.0 cm³/mol. The Balaban J connectivity index is 2.49. The number of nitro groups is 1. The summed E-state index contributed by atoms with van der Waals surface area (Å²) in [5, 5.41) is 49.6. The molecule has 0 bridgehead atoms. The second-order valence-electron chi connectivity index (χ2n) is 4.25. The lowest BCUT2D eigenvalue weighted by Crippen LogP contribution is -2.41. The van der Waals surface area contributed by atoms with E-state index in [1.165, 1.54) is 18.2 Å². The topological polar surface area (TPSA) is 133 Å². The second kappa shape index (κ2) is 4.83. The van der Waals surface area contributed by atoms with Crippen molar-refractivity contribution in [2.45, 2.75) is 24.1 Å². The van der Waals surface area contributed by atoms with Crippen LogP contribution in [0.15, 0.2) is 24.3 Å². The zero-order valence-electron chi connectivity index (χ0n) is 9.71. The molecule has 0 spiro atoms. The zero-order chi connectivity index (χ0) is 14.2. The lowest BCUT2D eigenvalue weighted by Gasteiger charge is -2.25. The maximum atomic E-state index is 10.9. The van der Waals surface area contributed by atoms with E-state index in [0.717, 1.165) is 6.07 Å². The van der Waals surface area contributed by atoms with Gasteiger partial charge in [-0.3, -0.25) is 10.1 Å². The van der Waals surface area contributed by atoms with Crippen molar-refractivity contribution in [2.75, 3.05) is 6.61 Å². The minimum absolute atomic E-state index is 0.275. The number of aliphatic hydroxyl groups is 4. The molecule has 1 aliphatic heterocycles. The highest BCUT2D eigenvalue weighted by Gasteiger charge is 2.56. The first-order chi connectivity index (χ1) is 8.91. The van der Waals surface area contributed by atoms with Gasteiger partial charge in [0.2, 0.25) is 5.79 Å². The van der Waals surface area contributed by atoms with Crippen molar-refractivity contribution >= 4 is 5.69 Å². The summed E-state index contributed by atoms with van der Waals surface area (Å²) >= 11 is 0. The summed E-state index contributed by atoms with van der Waals surface area (Å²) in [6.07, 6.45) is -4.57. The third-order valence-electron chi connectivity index (χ3n) is 3.10. The smallest absolute Gasteiger partial charge is 0.278 e. The van der Waals surface area contributed by atoms with Gasteiger partial charge in [0.05, 0.1) is 17.1 Å². The first kappa shape index (κ1) is 13.8. The lowest BCUT2D eigenvalue weighted by atomic mass is 9.96. The first-order valence-electron chi connectivity index (χ1n) is 5.53. The molecule has 0 amide bonds. The summed E-state index contributed by atoms with van der Waals surface area (Å²) in [6, 6.07) is 5.18. The quantitative estimate of drug-likeness (QED) is 0.403. The largest absolute Gasteiger partial charge is 0.394 e. The average molecular weight is 271 g/mol. The normalized spacial score (nSPS) is 34.4. The van der Waals surface area contributed by atoms with Crippen LogP contribution in [0, 0.1) is 10.1 Å². The molecule has 8 heteroatoms.